The molecule has 1 atom stereocenters. The molecule has 0 aliphatic carbocycles. The SMILES string of the molecule is COc1cccc(-c2cccc(C3(c4ccc5c(c4)CCO5)COC(NOC=O)=N3)c2)c1. The van der Waals surface area contributed by atoms with Crippen LogP contribution in [0, 0.1) is 0 Å². The van der Waals surface area contributed by atoms with Crippen LogP contribution in [0.2, 0.25) is 0 Å². The van der Waals surface area contributed by atoms with Crippen LogP contribution in [0.1, 0.15) is 16.7 Å². The molecule has 1 unspecified atom stereocenters. The molecular formula is C25H22N2O5. The van der Waals surface area contributed by atoms with Gasteiger partial charge < -0.3 is 19.0 Å². The Bertz CT molecular complexity index is 1190. The van der Waals surface area contributed by atoms with Crippen molar-refractivity contribution < 1.29 is 23.8 Å². The Morgan fingerprint density at radius 1 is 1.00 bits per heavy atom. The third-order valence-electron chi connectivity index (χ3n) is 5.81. The fourth-order valence-electron chi connectivity index (χ4n) is 4.20. The zero-order valence-electron chi connectivity index (χ0n) is 17.5. The summed E-state index contributed by atoms with van der Waals surface area (Å²) in [7, 11) is 1.66. The number of hydrogen-bond donors (Lipinski definition) is 1. The molecule has 0 amide bonds. The zero-order valence-corrected chi connectivity index (χ0v) is 17.5. The molecule has 7 nitrogen and oxygen atoms in total. The van der Waals surface area contributed by atoms with Gasteiger partial charge in [0.2, 0.25) is 0 Å². The Kier molecular flexibility index (Phi) is 5.15. The molecule has 0 bridgehead atoms. The van der Waals surface area contributed by atoms with Crippen LogP contribution in [0.15, 0.2) is 71.7 Å². The number of aliphatic imine (C=N–C) groups is 1. The fraction of sp³-hybridized carbons (Fsp3) is 0.200. The molecule has 32 heavy (non-hydrogen) atoms. The highest BCUT2D eigenvalue weighted by Gasteiger charge is 2.41. The Hall–Kier alpha value is -4.00. The van der Waals surface area contributed by atoms with E-state index >= 15 is 0 Å². The van der Waals surface area contributed by atoms with Gasteiger partial charge in [-0.3, -0.25) is 4.79 Å². The van der Waals surface area contributed by atoms with E-state index in [1.165, 1.54) is 0 Å². The Labute approximate surface area is 185 Å². The maximum absolute atomic E-state index is 10.6. The summed E-state index contributed by atoms with van der Waals surface area (Å²) in [5.74, 6) is 1.69. The molecule has 0 aromatic heterocycles. The van der Waals surface area contributed by atoms with Gasteiger partial charge in [-0.25, -0.2) is 4.99 Å². The van der Waals surface area contributed by atoms with Crippen molar-refractivity contribution in [2.24, 2.45) is 4.99 Å². The average molecular weight is 430 g/mol. The van der Waals surface area contributed by atoms with Crippen LogP contribution in [0.4, 0.5) is 0 Å². The van der Waals surface area contributed by atoms with E-state index in [2.05, 4.69) is 28.5 Å². The van der Waals surface area contributed by atoms with E-state index in [0.29, 0.717) is 13.1 Å². The first-order chi connectivity index (χ1) is 15.7. The average Bonchev–Trinajstić information content (AvgIpc) is 3.50. The van der Waals surface area contributed by atoms with Crippen LogP contribution in [-0.2, 0) is 26.3 Å². The van der Waals surface area contributed by atoms with E-state index in [-0.39, 0.29) is 12.6 Å². The van der Waals surface area contributed by atoms with Crippen molar-refractivity contribution in [3.8, 4) is 22.6 Å². The molecule has 5 rings (SSSR count). The van der Waals surface area contributed by atoms with Crippen LogP contribution in [-0.4, -0.2) is 32.8 Å². The summed E-state index contributed by atoms with van der Waals surface area (Å²) in [5.41, 5.74) is 6.80. The number of hydroxylamine groups is 1. The van der Waals surface area contributed by atoms with Crippen molar-refractivity contribution in [3.63, 3.8) is 0 Å². The molecule has 1 N–H and O–H groups in total. The second-order valence-corrected chi connectivity index (χ2v) is 7.62. The zero-order chi connectivity index (χ0) is 22.0. The van der Waals surface area contributed by atoms with Crippen molar-refractivity contribution in [1.29, 1.82) is 0 Å². The highest BCUT2D eigenvalue weighted by molar-refractivity contribution is 5.77. The third-order valence-corrected chi connectivity index (χ3v) is 5.81. The number of fused-ring (bicyclic) bond motifs is 1. The number of methoxy groups -OCH3 is 1. The molecule has 7 heteroatoms. The molecule has 2 aliphatic heterocycles. The predicted molar refractivity (Wildman–Crippen MR) is 119 cm³/mol. The lowest BCUT2D eigenvalue weighted by molar-refractivity contribution is -0.132. The maximum atomic E-state index is 10.6. The fourth-order valence-corrected chi connectivity index (χ4v) is 4.20. The van der Waals surface area contributed by atoms with Crippen molar-refractivity contribution in [2.75, 3.05) is 20.3 Å². The minimum atomic E-state index is -0.804. The first-order valence-electron chi connectivity index (χ1n) is 10.3. The van der Waals surface area contributed by atoms with Crippen molar-refractivity contribution >= 4 is 12.5 Å². The largest absolute Gasteiger partial charge is 0.497 e. The smallest absolute Gasteiger partial charge is 0.320 e. The van der Waals surface area contributed by atoms with E-state index in [1.807, 2.05) is 48.5 Å². The second kappa shape index (κ2) is 8.26. The van der Waals surface area contributed by atoms with Gasteiger partial charge in [0, 0.05) is 6.42 Å². The Morgan fingerprint density at radius 2 is 1.81 bits per heavy atom. The molecule has 0 fully saturated rings. The lowest BCUT2D eigenvalue weighted by Crippen LogP contribution is -2.27. The minimum Gasteiger partial charge on any atom is -0.497 e. The van der Waals surface area contributed by atoms with Gasteiger partial charge in [0.25, 0.3) is 0 Å². The van der Waals surface area contributed by atoms with E-state index in [4.69, 9.17) is 19.2 Å². The molecule has 2 aliphatic rings. The first kappa shape index (κ1) is 19.9. The molecule has 3 aromatic rings. The number of rotatable bonds is 6. The number of amidine groups is 1. The first-order valence-corrected chi connectivity index (χ1v) is 10.3. The quantitative estimate of drug-likeness (QED) is 0.476. The lowest BCUT2D eigenvalue weighted by atomic mass is 9.82. The van der Waals surface area contributed by atoms with Crippen molar-refractivity contribution in [1.82, 2.24) is 5.48 Å². The highest BCUT2D eigenvalue weighted by atomic mass is 16.7. The number of nitrogens with zero attached hydrogens (tertiary/aromatic N) is 1. The van der Waals surface area contributed by atoms with Gasteiger partial charge >= 0.3 is 12.5 Å². The Balaban J connectivity index is 1.62. The van der Waals surface area contributed by atoms with Gasteiger partial charge in [-0.2, -0.15) is 5.48 Å². The summed E-state index contributed by atoms with van der Waals surface area (Å²) in [5, 5.41) is 0. The lowest BCUT2D eigenvalue weighted by Gasteiger charge is -2.26. The van der Waals surface area contributed by atoms with Gasteiger partial charge in [0.1, 0.15) is 18.1 Å². The van der Waals surface area contributed by atoms with Gasteiger partial charge in [-0.1, -0.05) is 36.4 Å². The number of ether oxygens (including phenoxy) is 3. The van der Waals surface area contributed by atoms with Crippen LogP contribution in [0.25, 0.3) is 11.1 Å². The highest BCUT2D eigenvalue weighted by Crippen LogP contribution is 2.41. The number of carbonyl (C=O) groups excluding carboxylic acids is 1. The Morgan fingerprint density at radius 3 is 2.66 bits per heavy atom. The minimum absolute atomic E-state index is 0.153. The summed E-state index contributed by atoms with van der Waals surface area (Å²) in [6.45, 7) is 1.23. The van der Waals surface area contributed by atoms with E-state index in [0.717, 1.165) is 45.7 Å². The monoisotopic (exact) mass is 430 g/mol. The van der Waals surface area contributed by atoms with E-state index < -0.39 is 5.54 Å². The normalized spacial score (nSPS) is 18.7. The van der Waals surface area contributed by atoms with E-state index in [1.54, 1.807) is 7.11 Å². The van der Waals surface area contributed by atoms with Crippen molar-refractivity contribution in [3.05, 3.63) is 83.4 Å². The standard InChI is InChI=1S/C25H22N2O5/c1-29-22-7-3-5-18(14-22)17-4-2-6-20(12-17)25(15-31-24(26-25)27-32-16-28)21-8-9-23-19(13-21)10-11-30-23/h2-9,12-14,16H,10-11,15H2,1H3,(H,26,27). The topological polar surface area (TPSA) is 78.4 Å². The van der Waals surface area contributed by atoms with Gasteiger partial charge in [-0.05, 0) is 58.1 Å². The molecule has 0 saturated carbocycles. The second-order valence-electron chi connectivity index (χ2n) is 7.62. The van der Waals surface area contributed by atoms with Gasteiger partial charge in [0.05, 0.1) is 13.7 Å². The van der Waals surface area contributed by atoms with Crippen LogP contribution >= 0.6 is 0 Å². The van der Waals surface area contributed by atoms with Gasteiger partial charge in [-0.15, -0.1) is 0 Å². The maximum Gasteiger partial charge on any atom is 0.320 e. The molecule has 162 valence electrons. The number of carbonyl (C=O) groups is 1. The summed E-state index contributed by atoms with van der Waals surface area (Å²) in [6.07, 6.45) is 0.854. The van der Waals surface area contributed by atoms with E-state index in [9.17, 15) is 4.79 Å². The molecule has 3 aromatic carbocycles. The van der Waals surface area contributed by atoms with Crippen LogP contribution in [0.5, 0.6) is 11.5 Å². The van der Waals surface area contributed by atoms with Crippen LogP contribution in [0.3, 0.4) is 0 Å². The summed E-state index contributed by atoms with van der Waals surface area (Å²) in [6, 6.07) is 22.4. The molecule has 0 saturated heterocycles. The predicted octanol–water partition coefficient (Wildman–Crippen LogP) is 3.60. The van der Waals surface area contributed by atoms with Gasteiger partial charge in [0.15, 0.2) is 5.54 Å². The molecule has 0 radical (unpaired) electrons. The molecule has 0 spiro atoms. The van der Waals surface area contributed by atoms with Crippen LogP contribution < -0.4 is 15.0 Å². The summed E-state index contributed by atoms with van der Waals surface area (Å²) >= 11 is 0. The summed E-state index contributed by atoms with van der Waals surface area (Å²) in [4.78, 5) is 20.1. The van der Waals surface area contributed by atoms with Crippen molar-refractivity contribution in [2.45, 2.75) is 12.0 Å². The number of nitrogens with one attached hydrogen (secondary N) is 1. The third kappa shape index (κ3) is 3.51. The summed E-state index contributed by atoms with van der Waals surface area (Å²) < 4.78 is 16.8. The number of benzene rings is 3. The molecule has 2 heterocycles. The molecular weight excluding hydrogens is 408 g/mol. The number of hydrogen-bond acceptors (Lipinski definition) is 7.